The van der Waals surface area contributed by atoms with Crippen molar-refractivity contribution < 1.29 is 35.4 Å². The van der Waals surface area contributed by atoms with E-state index in [4.69, 9.17) is 35.4 Å². The lowest BCUT2D eigenvalue weighted by atomic mass is 10.5. The quantitative estimate of drug-likeness (QED) is 0.391. The van der Waals surface area contributed by atoms with Crippen LogP contribution in [0.3, 0.4) is 0 Å². The molecule has 0 aromatic heterocycles. The summed E-state index contributed by atoms with van der Waals surface area (Å²) >= 11 is 0. The van der Waals surface area contributed by atoms with Gasteiger partial charge in [-0.15, -0.1) is 0 Å². The average Bonchev–Trinajstić information content (AvgIpc) is 2.64. The number of rotatable bonds is 14. The first kappa shape index (κ1) is 24.3. The van der Waals surface area contributed by atoms with Gasteiger partial charge in [-0.3, -0.25) is 0 Å². The highest BCUT2D eigenvalue weighted by Gasteiger charge is 2.62. The minimum absolute atomic E-state index is 0.527. The lowest BCUT2D eigenvalue weighted by Gasteiger charge is -2.42. The minimum atomic E-state index is -3.21. The minimum Gasteiger partial charge on any atom is -0.398 e. The first-order valence-corrected chi connectivity index (χ1v) is 13.4. The van der Waals surface area contributed by atoms with Gasteiger partial charge in [0.2, 0.25) is 0 Å². The highest BCUT2D eigenvalue weighted by molar-refractivity contribution is 6.75. The third kappa shape index (κ3) is 5.39. The molecule has 0 aromatic rings. The van der Waals surface area contributed by atoms with Gasteiger partial charge in [0, 0.05) is 56.9 Å². The van der Waals surface area contributed by atoms with Crippen molar-refractivity contribution in [1.82, 2.24) is 4.23 Å². The van der Waals surface area contributed by atoms with Gasteiger partial charge in [0.25, 0.3) is 0 Å². The van der Waals surface area contributed by atoms with E-state index >= 15 is 0 Å². The largest absolute Gasteiger partial charge is 0.597 e. The SMILES string of the molecule is CO[Si](C)(CCCN([Si](OC)(OC)OC)[Si](OC)(OC)OC)OC. The summed E-state index contributed by atoms with van der Waals surface area (Å²) in [6.45, 7) is 2.54. The van der Waals surface area contributed by atoms with Gasteiger partial charge in [0.05, 0.1) is 0 Å². The molecule has 0 heterocycles. The van der Waals surface area contributed by atoms with E-state index in [-0.39, 0.29) is 0 Å². The van der Waals surface area contributed by atoms with E-state index in [1.165, 1.54) is 42.7 Å². The maximum absolute atomic E-state index is 5.61. The van der Waals surface area contributed by atoms with Crippen LogP contribution in [0.5, 0.6) is 0 Å². The van der Waals surface area contributed by atoms with Gasteiger partial charge >= 0.3 is 26.5 Å². The molecule has 12 heteroatoms. The molecule has 0 amide bonds. The predicted octanol–water partition coefficient (Wildman–Crippen LogP) is 0.793. The monoisotopic (exact) mass is 403 g/mol. The number of hydrogen-bond donors (Lipinski definition) is 0. The van der Waals surface area contributed by atoms with Crippen molar-refractivity contribution in [2.75, 3.05) is 63.4 Å². The molecule has 0 aromatic carbocycles. The van der Waals surface area contributed by atoms with Crippen LogP contribution in [0.25, 0.3) is 0 Å². The van der Waals surface area contributed by atoms with Crippen LogP contribution in [0.4, 0.5) is 0 Å². The van der Waals surface area contributed by atoms with Crippen molar-refractivity contribution in [2.24, 2.45) is 0 Å². The Labute approximate surface area is 149 Å². The number of nitrogens with zero attached hydrogens (tertiary/aromatic N) is 1. The third-order valence-electron chi connectivity index (χ3n) is 4.09. The predicted molar refractivity (Wildman–Crippen MR) is 95.3 cm³/mol. The summed E-state index contributed by atoms with van der Waals surface area (Å²) in [5.74, 6) is 0. The fourth-order valence-electron chi connectivity index (χ4n) is 2.45. The molecule has 0 N–H and O–H groups in total. The Kier molecular flexibility index (Phi) is 11.2. The highest BCUT2D eigenvalue weighted by Crippen LogP contribution is 2.25. The maximum Gasteiger partial charge on any atom is 0.597 e. The zero-order chi connectivity index (χ0) is 18.9. The second-order valence-electron chi connectivity index (χ2n) is 5.07. The van der Waals surface area contributed by atoms with Gasteiger partial charge in [-0.2, -0.15) is 0 Å². The molecule has 0 spiro atoms. The second kappa shape index (κ2) is 11.1. The topological polar surface area (TPSA) is 77.1 Å². The van der Waals surface area contributed by atoms with Crippen LogP contribution < -0.4 is 0 Å². The van der Waals surface area contributed by atoms with E-state index in [0.29, 0.717) is 6.54 Å². The molecule has 0 aliphatic heterocycles. The fraction of sp³-hybridized carbons (Fsp3) is 1.00. The molecule has 0 bridgehead atoms. The van der Waals surface area contributed by atoms with Gasteiger partial charge in [-0.1, -0.05) is 0 Å². The van der Waals surface area contributed by atoms with E-state index in [0.717, 1.165) is 12.5 Å². The molecule has 0 aliphatic carbocycles. The highest BCUT2D eigenvalue weighted by atomic mass is 28.5. The smallest absolute Gasteiger partial charge is 0.398 e. The maximum atomic E-state index is 5.61. The van der Waals surface area contributed by atoms with Gasteiger partial charge in [-0.25, -0.2) is 4.23 Å². The van der Waals surface area contributed by atoms with Crippen LogP contribution >= 0.6 is 0 Å². The zero-order valence-electron chi connectivity index (χ0n) is 16.3. The van der Waals surface area contributed by atoms with Crippen LogP contribution in [-0.4, -0.2) is 94.1 Å². The van der Waals surface area contributed by atoms with E-state index < -0.39 is 26.5 Å². The van der Waals surface area contributed by atoms with E-state index in [9.17, 15) is 0 Å². The van der Waals surface area contributed by atoms with Gasteiger partial charge < -0.3 is 35.4 Å². The Balaban J connectivity index is 5.49. The van der Waals surface area contributed by atoms with Crippen molar-refractivity contribution in [3.63, 3.8) is 0 Å². The molecule has 0 atom stereocenters. The van der Waals surface area contributed by atoms with Crippen molar-refractivity contribution in [3.05, 3.63) is 0 Å². The summed E-state index contributed by atoms with van der Waals surface area (Å²) in [5.41, 5.74) is 0. The Morgan fingerprint density at radius 1 is 0.583 bits per heavy atom. The molecule has 24 heavy (non-hydrogen) atoms. The normalized spacial score (nSPS) is 13.8. The van der Waals surface area contributed by atoms with Crippen LogP contribution in [-0.2, 0) is 35.4 Å². The van der Waals surface area contributed by atoms with E-state index in [1.54, 1.807) is 14.2 Å². The van der Waals surface area contributed by atoms with Crippen molar-refractivity contribution in [2.45, 2.75) is 19.0 Å². The zero-order valence-corrected chi connectivity index (χ0v) is 19.3. The lowest BCUT2D eigenvalue weighted by Crippen LogP contribution is -2.73. The molecule has 0 fully saturated rings. The Morgan fingerprint density at radius 2 is 0.917 bits per heavy atom. The second-order valence-corrected chi connectivity index (χ2v) is 14.7. The van der Waals surface area contributed by atoms with Crippen LogP contribution in [0, 0.1) is 0 Å². The van der Waals surface area contributed by atoms with Crippen molar-refractivity contribution >= 4 is 26.5 Å². The third-order valence-corrected chi connectivity index (χ3v) is 13.6. The summed E-state index contributed by atoms with van der Waals surface area (Å²) in [4.78, 5) is 0. The molecular formula is C12H33NO8Si3. The Bertz CT molecular complexity index is 304. The van der Waals surface area contributed by atoms with Crippen molar-refractivity contribution in [3.8, 4) is 0 Å². The Hall–Kier alpha value is 0.291. The molecule has 0 unspecified atom stereocenters. The summed E-state index contributed by atoms with van der Waals surface area (Å²) in [5, 5.41) is 0. The average molecular weight is 404 g/mol. The van der Waals surface area contributed by atoms with Gasteiger partial charge in [0.15, 0.2) is 0 Å². The fourth-order valence-corrected chi connectivity index (χ4v) is 9.99. The molecular weight excluding hydrogens is 370 g/mol. The van der Waals surface area contributed by atoms with Gasteiger partial charge in [-0.05, 0) is 25.6 Å². The lowest BCUT2D eigenvalue weighted by molar-refractivity contribution is 0.0204. The summed E-state index contributed by atoms with van der Waals surface area (Å²) < 4.78 is 46.6. The van der Waals surface area contributed by atoms with Crippen LogP contribution in [0.15, 0.2) is 0 Å². The van der Waals surface area contributed by atoms with Crippen LogP contribution in [0.2, 0.25) is 12.6 Å². The van der Waals surface area contributed by atoms with E-state index in [1.807, 2.05) is 10.8 Å². The standard InChI is InChI=1S/C12H33NO8Si3/c1-14-22(9,15-2)12-10-11-13(23(16-3,17-4)18-5)24(19-6,20-7)21-8/h10-12H2,1-9H3. The van der Waals surface area contributed by atoms with Gasteiger partial charge in [0.1, 0.15) is 0 Å². The molecule has 0 rings (SSSR count). The summed E-state index contributed by atoms with van der Waals surface area (Å²) in [7, 11) is 3.97. The van der Waals surface area contributed by atoms with Crippen LogP contribution in [0.1, 0.15) is 6.42 Å². The van der Waals surface area contributed by atoms with Crippen molar-refractivity contribution in [1.29, 1.82) is 0 Å². The first-order valence-electron chi connectivity index (χ1n) is 7.52. The summed E-state index contributed by atoms with van der Waals surface area (Å²) in [6.07, 6.45) is 0.750. The van der Waals surface area contributed by atoms with E-state index in [2.05, 4.69) is 0 Å². The molecule has 0 aliphatic rings. The summed E-state index contributed by atoms with van der Waals surface area (Å²) in [6, 6.07) is 0.778. The molecule has 0 saturated carbocycles. The molecule has 0 radical (unpaired) electrons. The molecule has 9 nitrogen and oxygen atoms in total. The first-order chi connectivity index (χ1) is 11.3. The molecule has 0 saturated heterocycles. The Morgan fingerprint density at radius 3 is 1.17 bits per heavy atom. The molecule has 146 valence electrons. The number of hydrogen-bond acceptors (Lipinski definition) is 9.